The van der Waals surface area contributed by atoms with E-state index in [9.17, 15) is 9.59 Å². The van der Waals surface area contributed by atoms with Gasteiger partial charge in [0, 0.05) is 23.7 Å². The van der Waals surface area contributed by atoms with Crippen LogP contribution < -0.4 is 0 Å². The zero-order valence-electron chi connectivity index (χ0n) is 11.4. The summed E-state index contributed by atoms with van der Waals surface area (Å²) in [7, 11) is 1.40. The van der Waals surface area contributed by atoms with Gasteiger partial charge in [-0.25, -0.2) is 0 Å². The minimum absolute atomic E-state index is 0.0682. The fraction of sp³-hybridized carbons (Fsp3) is 0.571. The van der Waals surface area contributed by atoms with Gasteiger partial charge in [-0.1, -0.05) is 0 Å². The fourth-order valence-corrected chi connectivity index (χ4v) is 5.05. The molecule has 1 aromatic heterocycles. The smallest absolute Gasteiger partial charge is 0.320 e. The number of aryl methyl sites for hydroxylation is 2. The number of carbonyl (C=O) groups excluding carboxylic acids is 2. The van der Waals surface area contributed by atoms with Gasteiger partial charge in [0.05, 0.1) is 12.0 Å². The Morgan fingerprint density at radius 1 is 1.40 bits per heavy atom. The lowest BCUT2D eigenvalue weighted by Crippen LogP contribution is -2.44. The number of carbonyl (C=O) groups is 2. The third-order valence-corrected chi connectivity index (χ3v) is 6.16. The molecule has 0 saturated carbocycles. The van der Waals surface area contributed by atoms with Crippen LogP contribution in [0.3, 0.4) is 0 Å². The Hall–Kier alpha value is -1.01. The zero-order chi connectivity index (χ0) is 14.1. The number of hydrogen-bond donors (Lipinski definition) is 0. The molecule has 20 heavy (non-hydrogen) atoms. The lowest BCUT2D eigenvalue weighted by molar-refractivity contribution is -0.140. The molecule has 1 amide bonds. The highest BCUT2D eigenvalue weighted by Gasteiger charge is 2.31. The molecule has 2 aliphatic rings. The molecule has 1 fully saturated rings. The molecule has 4 nitrogen and oxygen atoms in total. The summed E-state index contributed by atoms with van der Waals surface area (Å²) in [5, 5.41) is -0.246. The average molecular weight is 311 g/mol. The molecule has 1 saturated heterocycles. The second-order valence-electron chi connectivity index (χ2n) is 5.05. The van der Waals surface area contributed by atoms with E-state index in [1.165, 1.54) is 24.0 Å². The van der Waals surface area contributed by atoms with E-state index in [0.29, 0.717) is 13.1 Å². The number of rotatable bonds is 2. The van der Waals surface area contributed by atoms with Crippen LogP contribution in [0, 0.1) is 0 Å². The minimum atomic E-state index is -0.246. The van der Waals surface area contributed by atoms with Gasteiger partial charge in [0.1, 0.15) is 5.25 Å². The largest absolute Gasteiger partial charge is 0.468 e. The maximum atomic E-state index is 12.5. The molecule has 2 heterocycles. The molecule has 0 aromatic carbocycles. The summed E-state index contributed by atoms with van der Waals surface area (Å²) in [6.07, 6.45) is 3.41. The van der Waals surface area contributed by atoms with Gasteiger partial charge in [-0.3, -0.25) is 9.59 Å². The van der Waals surface area contributed by atoms with Crippen molar-refractivity contribution in [3.05, 3.63) is 21.4 Å². The van der Waals surface area contributed by atoms with Gasteiger partial charge in [0.15, 0.2) is 0 Å². The monoisotopic (exact) mass is 311 g/mol. The molecule has 0 unspecified atom stereocenters. The molecule has 108 valence electrons. The number of thiophene rings is 1. The molecular weight excluding hydrogens is 294 g/mol. The number of methoxy groups -OCH3 is 1. The van der Waals surface area contributed by atoms with Crippen LogP contribution >= 0.6 is 23.1 Å². The predicted molar refractivity (Wildman–Crippen MR) is 80.5 cm³/mol. The molecular formula is C14H17NO3S2. The molecule has 3 rings (SSSR count). The van der Waals surface area contributed by atoms with Gasteiger partial charge in [-0.2, -0.15) is 0 Å². The first-order valence-electron chi connectivity index (χ1n) is 6.79. The Bertz CT molecular complexity index is 519. The summed E-state index contributed by atoms with van der Waals surface area (Å²) >= 11 is 3.20. The molecule has 0 N–H and O–H groups in total. The first-order valence-corrected chi connectivity index (χ1v) is 8.66. The molecule has 0 radical (unpaired) electrons. The number of amides is 1. The van der Waals surface area contributed by atoms with Crippen molar-refractivity contribution in [2.75, 3.05) is 26.0 Å². The van der Waals surface area contributed by atoms with E-state index in [2.05, 4.69) is 0 Å². The van der Waals surface area contributed by atoms with Gasteiger partial charge in [0.25, 0.3) is 5.91 Å². The minimum Gasteiger partial charge on any atom is -0.468 e. The van der Waals surface area contributed by atoms with Crippen molar-refractivity contribution in [1.29, 1.82) is 0 Å². The van der Waals surface area contributed by atoms with Crippen molar-refractivity contribution in [3.63, 3.8) is 0 Å². The van der Waals surface area contributed by atoms with Crippen LogP contribution in [0.2, 0.25) is 0 Å². The average Bonchev–Trinajstić information content (AvgIpc) is 3.07. The summed E-state index contributed by atoms with van der Waals surface area (Å²) in [5.74, 6) is 0.621. The van der Waals surface area contributed by atoms with Crippen LogP contribution in [0.5, 0.6) is 0 Å². The van der Waals surface area contributed by atoms with Crippen molar-refractivity contribution in [1.82, 2.24) is 4.90 Å². The number of hydrogen-bond acceptors (Lipinski definition) is 5. The molecule has 0 bridgehead atoms. The quantitative estimate of drug-likeness (QED) is 0.784. The molecule has 6 heteroatoms. The molecule has 1 atom stereocenters. The topological polar surface area (TPSA) is 46.6 Å². The Morgan fingerprint density at radius 2 is 2.25 bits per heavy atom. The Balaban J connectivity index is 1.71. The first-order chi connectivity index (χ1) is 9.69. The van der Waals surface area contributed by atoms with Crippen LogP contribution in [-0.2, 0) is 22.4 Å². The van der Waals surface area contributed by atoms with Crippen LogP contribution in [0.4, 0.5) is 0 Å². The van der Waals surface area contributed by atoms with E-state index < -0.39 is 0 Å². The van der Waals surface area contributed by atoms with Crippen LogP contribution in [-0.4, -0.2) is 48.0 Å². The Labute approximate surface area is 126 Å². The molecule has 1 aliphatic carbocycles. The van der Waals surface area contributed by atoms with Crippen molar-refractivity contribution in [2.24, 2.45) is 0 Å². The summed E-state index contributed by atoms with van der Waals surface area (Å²) in [4.78, 5) is 28.1. The maximum Gasteiger partial charge on any atom is 0.320 e. The molecule has 1 aromatic rings. The Morgan fingerprint density at radius 3 is 3.00 bits per heavy atom. The predicted octanol–water partition coefficient (Wildman–Crippen LogP) is 1.97. The lowest BCUT2D eigenvalue weighted by Gasteiger charge is -2.30. The van der Waals surface area contributed by atoms with Gasteiger partial charge in [-0.15, -0.1) is 23.1 Å². The van der Waals surface area contributed by atoms with Crippen LogP contribution in [0.1, 0.15) is 26.5 Å². The molecule has 0 spiro atoms. The highest BCUT2D eigenvalue weighted by molar-refractivity contribution is 8.00. The van der Waals surface area contributed by atoms with E-state index in [0.717, 1.165) is 23.5 Å². The number of ether oxygens (including phenoxy) is 1. The number of fused-ring (bicyclic) bond motifs is 1. The van der Waals surface area contributed by atoms with Crippen LogP contribution in [0.15, 0.2) is 6.07 Å². The van der Waals surface area contributed by atoms with Gasteiger partial charge in [-0.05, 0) is 30.9 Å². The highest BCUT2D eigenvalue weighted by atomic mass is 32.2. The second-order valence-corrected chi connectivity index (χ2v) is 7.49. The fourth-order valence-electron chi connectivity index (χ4n) is 2.70. The van der Waals surface area contributed by atoms with Crippen molar-refractivity contribution < 1.29 is 14.3 Å². The van der Waals surface area contributed by atoms with Gasteiger partial charge >= 0.3 is 5.97 Å². The van der Waals surface area contributed by atoms with Gasteiger partial charge < -0.3 is 9.64 Å². The van der Waals surface area contributed by atoms with Crippen LogP contribution in [0.25, 0.3) is 0 Å². The van der Waals surface area contributed by atoms with Crippen molar-refractivity contribution >= 4 is 35.0 Å². The maximum absolute atomic E-state index is 12.5. The zero-order valence-corrected chi connectivity index (χ0v) is 13.0. The lowest BCUT2D eigenvalue weighted by atomic mass is 10.2. The van der Waals surface area contributed by atoms with E-state index in [1.807, 2.05) is 6.07 Å². The van der Waals surface area contributed by atoms with E-state index in [-0.39, 0.29) is 17.1 Å². The van der Waals surface area contributed by atoms with E-state index in [4.69, 9.17) is 4.74 Å². The summed E-state index contributed by atoms with van der Waals surface area (Å²) < 4.78 is 4.78. The third kappa shape index (κ3) is 2.59. The van der Waals surface area contributed by atoms with E-state index in [1.54, 1.807) is 28.0 Å². The second kappa shape index (κ2) is 5.77. The summed E-state index contributed by atoms with van der Waals surface area (Å²) in [6.45, 7) is 1.16. The summed E-state index contributed by atoms with van der Waals surface area (Å²) in [6, 6.07) is 2.05. The van der Waals surface area contributed by atoms with E-state index >= 15 is 0 Å². The Kier molecular flexibility index (Phi) is 4.03. The van der Waals surface area contributed by atoms with Crippen molar-refractivity contribution in [2.45, 2.75) is 24.5 Å². The number of esters is 1. The highest BCUT2D eigenvalue weighted by Crippen LogP contribution is 2.32. The SMILES string of the molecule is COC(=O)[C@H]1CN(C(=O)c2cc3c(s2)CCC3)CCS1. The first kappa shape index (κ1) is 13.9. The van der Waals surface area contributed by atoms with Gasteiger partial charge in [0.2, 0.25) is 0 Å². The third-order valence-electron chi connectivity index (χ3n) is 3.78. The number of thioether (sulfide) groups is 1. The molecule has 1 aliphatic heterocycles. The normalized spacial score (nSPS) is 21.6. The summed E-state index contributed by atoms with van der Waals surface area (Å²) in [5.41, 5.74) is 1.34. The standard InChI is InChI=1S/C14H17NO3S2/c1-18-14(17)12-8-15(5-6-19-12)13(16)11-7-9-3-2-4-10(9)20-11/h7,12H,2-6,8H2,1H3/t12-/m1/s1. The number of nitrogens with zero attached hydrogens (tertiary/aromatic N) is 1. The van der Waals surface area contributed by atoms with Crippen molar-refractivity contribution in [3.8, 4) is 0 Å².